The highest BCUT2D eigenvalue weighted by Gasteiger charge is 2.52. The van der Waals surface area contributed by atoms with Crippen molar-refractivity contribution >= 4 is 125 Å². The molecule has 4 N–H and O–H groups in total. The summed E-state index contributed by atoms with van der Waals surface area (Å²) in [5, 5.41) is 64.8. The van der Waals surface area contributed by atoms with Crippen LogP contribution in [-0.4, -0.2) is 155 Å². The largest absolute Gasteiger partial charge is 0.494 e. The third-order valence-corrected chi connectivity index (χ3v) is 23.9. The Morgan fingerprint density at radius 1 is 0.482 bits per heavy atom. The summed E-state index contributed by atoms with van der Waals surface area (Å²) in [6.07, 6.45) is 7.53. The number of aliphatic hydroxyl groups is 1. The fourth-order valence-corrected chi connectivity index (χ4v) is 16.0. The highest BCUT2D eigenvalue weighted by molar-refractivity contribution is 9.10. The molecule has 0 saturated carbocycles. The van der Waals surface area contributed by atoms with Crippen molar-refractivity contribution in [3.63, 3.8) is 0 Å². The number of aromatic nitrogens is 12. The van der Waals surface area contributed by atoms with Gasteiger partial charge in [0.25, 0.3) is 0 Å². The van der Waals surface area contributed by atoms with E-state index in [1.165, 1.54) is 0 Å². The summed E-state index contributed by atoms with van der Waals surface area (Å²) in [5.74, 6) is 1.03. The second-order valence-electron chi connectivity index (χ2n) is 36.1. The Kier molecular flexibility index (Phi) is 32.5. The predicted molar refractivity (Wildman–Crippen MR) is 535 cm³/mol. The molecule has 34 nitrogen and oxygen atoms in total. The van der Waals surface area contributed by atoms with Gasteiger partial charge in [0.05, 0.1) is 113 Å². The van der Waals surface area contributed by atoms with E-state index in [0.717, 1.165) is 87.8 Å². The monoisotopic (exact) mass is 2040 g/mol. The van der Waals surface area contributed by atoms with Gasteiger partial charge in [0.2, 0.25) is 35.4 Å². The van der Waals surface area contributed by atoms with Crippen LogP contribution in [0.4, 0.5) is 21.9 Å². The molecule has 38 heteroatoms. The molecular formula is C103H99BBr2ClN21O13. The number of rotatable bonds is 19. The van der Waals surface area contributed by atoms with Crippen LogP contribution >= 0.6 is 43.5 Å². The van der Waals surface area contributed by atoms with Crippen molar-refractivity contribution in [2.75, 3.05) is 34.3 Å². The quantitative estimate of drug-likeness (QED) is 0.0500. The van der Waals surface area contributed by atoms with Gasteiger partial charge in [0.15, 0.2) is 22.6 Å². The Labute approximate surface area is 835 Å². The van der Waals surface area contributed by atoms with Gasteiger partial charge in [-0.2, -0.15) is 26.1 Å². The molecule has 0 aliphatic carbocycles. The molecule has 4 saturated heterocycles. The maximum absolute atomic E-state index is 12.7. The number of esters is 1. The highest BCUT2D eigenvalue weighted by atomic mass is 79.9. The van der Waals surface area contributed by atoms with E-state index >= 15 is 0 Å². The second-order valence-corrected chi connectivity index (χ2v) is 38.1. The van der Waals surface area contributed by atoms with E-state index in [0.29, 0.717) is 102 Å². The molecule has 0 radical (unpaired) electrons. The van der Waals surface area contributed by atoms with Crippen molar-refractivity contribution in [3.8, 4) is 64.4 Å². The Morgan fingerprint density at radius 2 is 0.858 bits per heavy atom. The Morgan fingerprint density at radius 3 is 1.28 bits per heavy atom. The summed E-state index contributed by atoms with van der Waals surface area (Å²) in [6, 6.07) is 74.0. The van der Waals surface area contributed by atoms with E-state index in [2.05, 4.69) is 95.7 Å². The molecule has 0 unspecified atom stereocenters. The first-order valence-corrected chi connectivity index (χ1v) is 46.8. The van der Waals surface area contributed by atoms with Crippen molar-refractivity contribution in [3.05, 3.63) is 302 Å². The van der Waals surface area contributed by atoms with Gasteiger partial charge in [0, 0.05) is 91.3 Å². The number of alkyl carbamates (subject to hydrolysis) is 1. The second kappa shape index (κ2) is 45.1. The van der Waals surface area contributed by atoms with E-state index in [1.54, 1.807) is 169 Å². The number of nitrogens with zero attached hydrogens (tertiary/aromatic N) is 19. The third kappa shape index (κ3) is 26.8. The summed E-state index contributed by atoms with van der Waals surface area (Å²) in [5.41, 5.74) is 19.4. The van der Waals surface area contributed by atoms with Crippen LogP contribution in [0.15, 0.2) is 252 Å². The van der Waals surface area contributed by atoms with Gasteiger partial charge in [-0.25, -0.2) is 42.8 Å². The molecular weight excluding hydrogens is 1950 g/mol. The SMILES string of the molecule is CC(C)(C)OC(=O)C[C@H]1CC(=O)N(c2ccc(-c3cnc4ccc(OCc5cccc(C#N)c5)nn34)cc2)C1.CC(C)(C)OC(=O)N[C@H]1CC(=O)N(c2ccc(B3OC(C)(C)C(C)(C)O3)cc2)C1.Clc1ccc2ncc(Br)n2n1.N#Cc1cccc(CO)c1.N#Cc1cccc(COc2ccc3ncc(-c4ccc(N5C[C@@H](N)CC5=O)cc4)n3n2)c1.N#Cc1cccc(COc2ccc3ncc(Br)n3n2)c1. The molecule has 19 rings (SSSR count). The molecule has 718 valence electrons. The number of halogens is 3. The topological polar surface area (TPSA) is 434 Å². The van der Waals surface area contributed by atoms with Gasteiger partial charge >= 0.3 is 19.2 Å². The first kappa shape index (κ1) is 102. The molecule has 0 bridgehead atoms. The van der Waals surface area contributed by atoms with Gasteiger partial charge < -0.3 is 63.8 Å². The number of aliphatic hydroxyl groups excluding tert-OH is 1. The number of fused-ring (bicyclic) bond motifs is 4. The molecule has 4 amide bonds. The van der Waals surface area contributed by atoms with Crippen molar-refractivity contribution in [1.82, 2.24) is 63.7 Å². The number of carbonyl (C=O) groups is 5. The maximum Gasteiger partial charge on any atom is 0.494 e. The van der Waals surface area contributed by atoms with Gasteiger partial charge in [-0.05, 0) is 250 Å². The molecule has 0 spiro atoms. The number of hydrogen-bond donors (Lipinski definition) is 3. The zero-order valence-electron chi connectivity index (χ0n) is 78.7. The maximum atomic E-state index is 12.7. The molecule has 4 aliphatic heterocycles. The zero-order valence-corrected chi connectivity index (χ0v) is 82.7. The normalized spacial score (nSPS) is 15.6. The van der Waals surface area contributed by atoms with Crippen molar-refractivity contribution in [1.29, 1.82) is 21.0 Å². The van der Waals surface area contributed by atoms with Crippen LogP contribution in [0.3, 0.4) is 0 Å². The average Bonchev–Trinajstić information content (AvgIpc) is 1.62. The Balaban J connectivity index is 0.000000142. The standard InChI is InChI=1S/C30H29N5O4.C24H20N6O2.C21H31BN2O5.C14H9BrN4O.C8H7NO.C6H3BrClN3/c1-30(2,3)39-29(37)15-22-14-28(36)34(18-22)24-9-7-23(8-10-24)25-17-32-26-11-12-27(33-35(25)26)38-19-21-6-4-5-20(13-21)16-31;25-12-16-2-1-3-17(10-16)15-32-23-9-8-22-27-13-21(30(22)28-23)18-4-6-20(7-5-18)29-14-19(26)11-24(29)31;1-19(2,3)27-18(26)23-15-12-17(25)24(13-15)16-10-8-14(9-11-16)22-28-20(4,5)21(6,7)29-22;15-12-8-17-13-4-5-14(18-19(12)13)20-9-11-3-1-2-10(6-11)7-16;9-5-7-2-1-3-8(4-7)6-10;7-4-3-9-6-2-1-5(8)10-11(4)6/h4-13,17,22H,14-15,18-19H2,1-3H3;1-10,13,19H,11,14-15,26H2;8-11,15H,12-13H2,1-7H3,(H,23,26);1-6,8H,9H2;1-4,10H,6H2;1-3H/t22-;19-;15-;;;/m100.../s1. The Hall–Kier alpha value is -15.3. The summed E-state index contributed by atoms with van der Waals surface area (Å²) in [7, 11) is -0.440. The number of hydrogen-bond acceptors (Lipinski definition) is 26. The van der Waals surface area contributed by atoms with Gasteiger partial charge in [0.1, 0.15) is 45.4 Å². The minimum absolute atomic E-state index is 0.00444. The van der Waals surface area contributed by atoms with Crippen LogP contribution in [0.2, 0.25) is 5.15 Å². The first-order chi connectivity index (χ1) is 67.4. The number of ether oxygens (including phenoxy) is 5. The molecule has 4 aliphatic rings. The van der Waals surface area contributed by atoms with Crippen molar-refractivity contribution in [2.45, 2.75) is 156 Å². The highest BCUT2D eigenvalue weighted by Crippen LogP contribution is 2.38. The third-order valence-electron chi connectivity index (χ3n) is 22.6. The molecule has 141 heavy (non-hydrogen) atoms. The minimum Gasteiger partial charge on any atom is -0.472 e. The van der Waals surface area contributed by atoms with Crippen LogP contribution in [0, 0.1) is 51.2 Å². The number of imidazole rings is 4. The summed E-state index contributed by atoms with van der Waals surface area (Å²) in [4.78, 5) is 83.7. The van der Waals surface area contributed by atoms with Gasteiger partial charge in [-0.3, -0.25) is 19.2 Å². The molecule has 8 aromatic heterocycles. The lowest BCUT2D eigenvalue weighted by atomic mass is 9.79. The number of nitrogens with two attached hydrogens (primary N) is 1. The molecule has 12 heterocycles. The zero-order chi connectivity index (χ0) is 100. The minimum atomic E-state index is -0.574. The number of nitriles is 4. The molecule has 15 aromatic rings. The van der Waals surface area contributed by atoms with Crippen molar-refractivity contribution in [2.24, 2.45) is 11.7 Å². The lowest BCUT2D eigenvalue weighted by Crippen LogP contribution is -2.41. The van der Waals surface area contributed by atoms with Crippen molar-refractivity contribution < 1.29 is 62.1 Å². The van der Waals surface area contributed by atoms with E-state index < -0.39 is 35.6 Å². The lowest BCUT2D eigenvalue weighted by molar-refractivity contribution is -0.155. The number of anilines is 3. The van der Waals surface area contributed by atoms with E-state index in [4.69, 9.17) is 76.5 Å². The van der Waals surface area contributed by atoms with Crippen LogP contribution in [0.5, 0.6) is 17.6 Å². The number of amides is 4. The van der Waals surface area contributed by atoms with Crippen LogP contribution in [0.1, 0.15) is 139 Å². The predicted octanol–water partition coefficient (Wildman–Crippen LogP) is 16.6. The average molecular weight is 2050 g/mol. The lowest BCUT2D eigenvalue weighted by Gasteiger charge is -2.32. The van der Waals surface area contributed by atoms with Crippen LogP contribution in [-0.2, 0) is 64.4 Å². The number of benzene rings is 7. The molecule has 3 atom stereocenters. The number of nitrogens with one attached hydrogen (secondary N) is 1. The van der Waals surface area contributed by atoms with Gasteiger partial charge in [-0.1, -0.05) is 96.5 Å². The molecule has 7 aromatic carbocycles. The Bertz CT molecular complexity index is 7230. The summed E-state index contributed by atoms with van der Waals surface area (Å²) < 4.78 is 48.5. The summed E-state index contributed by atoms with van der Waals surface area (Å²) in [6.45, 7) is 21.4. The first-order valence-electron chi connectivity index (χ1n) is 44.8. The van der Waals surface area contributed by atoms with E-state index in [1.807, 2.05) is 182 Å². The smallest absolute Gasteiger partial charge is 0.472 e. The molecule has 4 fully saturated rings. The van der Waals surface area contributed by atoms with Crippen LogP contribution < -0.4 is 45.4 Å². The van der Waals surface area contributed by atoms with Crippen LogP contribution in [0.25, 0.3) is 45.1 Å². The van der Waals surface area contributed by atoms with Gasteiger partial charge in [-0.15, -0.1) is 15.3 Å². The fourth-order valence-electron chi connectivity index (χ4n) is 15.1. The van der Waals surface area contributed by atoms with E-state index in [9.17, 15) is 24.0 Å². The fraction of sp³-hybridized carbons (Fsp3) is 0.272. The summed E-state index contributed by atoms with van der Waals surface area (Å²) >= 11 is 12.3. The van der Waals surface area contributed by atoms with E-state index in [-0.39, 0.29) is 67.7 Å². The number of carbonyl (C=O) groups excluding carboxylic acids is 5.